The average molecular weight is 270 g/mol. The Morgan fingerprint density at radius 2 is 1.89 bits per heavy atom. The lowest BCUT2D eigenvalue weighted by Crippen LogP contribution is -2.31. The molecule has 0 fully saturated rings. The van der Waals surface area contributed by atoms with Gasteiger partial charge in [-0.3, -0.25) is 4.79 Å². The average Bonchev–Trinajstić information content (AvgIpc) is 2.28. The number of hydrogen-bond acceptors (Lipinski definition) is 3. The molecule has 0 atom stereocenters. The first-order valence-electron chi connectivity index (χ1n) is 5.63. The minimum Gasteiger partial charge on any atom is -0.350 e. The van der Waals surface area contributed by atoms with Crippen molar-refractivity contribution in [2.75, 3.05) is 7.05 Å². The van der Waals surface area contributed by atoms with Gasteiger partial charge in [-0.15, -0.1) is 0 Å². The zero-order chi connectivity index (χ0) is 13.9. The van der Waals surface area contributed by atoms with Gasteiger partial charge in [-0.25, -0.2) is 13.1 Å². The molecule has 18 heavy (non-hydrogen) atoms. The standard InChI is InChI=1S/C12H18N2O3S/c1-8(2)14-12(15)11-7-10(6-5-9(11)3)18(16,17)13-4/h5-8,13H,1-4H3,(H,14,15). The smallest absolute Gasteiger partial charge is 0.251 e. The molecule has 0 saturated carbocycles. The first-order valence-corrected chi connectivity index (χ1v) is 7.11. The van der Waals surface area contributed by atoms with E-state index in [0.29, 0.717) is 5.56 Å². The Balaban J connectivity index is 3.21. The highest BCUT2D eigenvalue weighted by molar-refractivity contribution is 7.89. The number of sulfonamides is 1. The van der Waals surface area contributed by atoms with Gasteiger partial charge in [0.15, 0.2) is 0 Å². The molecule has 0 radical (unpaired) electrons. The van der Waals surface area contributed by atoms with E-state index in [4.69, 9.17) is 0 Å². The normalized spacial score (nSPS) is 11.6. The van der Waals surface area contributed by atoms with Gasteiger partial charge in [0, 0.05) is 11.6 Å². The van der Waals surface area contributed by atoms with Crippen LogP contribution in [-0.2, 0) is 10.0 Å². The van der Waals surface area contributed by atoms with E-state index in [2.05, 4.69) is 10.0 Å². The van der Waals surface area contributed by atoms with Crippen LogP contribution in [0.4, 0.5) is 0 Å². The van der Waals surface area contributed by atoms with Gasteiger partial charge < -0.3 is 5.32 Å². The predicted molar refractivity (Wildman–Crippen MR) is 70.0 cm³/mol. The van der Waals surface area contributed by atoms with Crippen molar-refractivity contribution in [3.05, 3.63) is 29.3 Å². The minimum absolute atomic E-state index is 0.00136. The van der Waals surface area contributed by atoms with Gasteiger partial charge in [-0.2, -0.15) is 0 Å². The quantitative estimate of drug-likeness (QED) is 0.858. The van der Waals surface area contributed by atoms with Crippen molar-refractivity contribution in [1.29, 1.82) is 0 Å². The largest absolute Gasteiger partial charge is 0.350 e. The molecule has 0 spiro atoms. The summed E-state index contributed by atoms with van der Waals surface area (Å²) >= 11 is 0. The van der Waals surface area contributed by atoms with E-state index in [1.807, 2.05) is 13.8 Å². The van der Waals surface area contributed by atoms with E-state index in [1.54, 1.807) is 13.0 Å². The van der Waals surface area contributed by atoms with Crippen molar-refractivity contribution in [3.63, 3.8) is 0 Å². The molecule has 100 valence electrons. The molecule has 0 aliphatic rings. The third-order valence-electron chi connectivity index (χ3n) is 2.45. The van der Waals surface area contributed by atoms with Gasteiger partial charge in [0.05, 0.1) is 4.90 Å². The number of rotatable bonds is 4. The van der Waals surface area contributed by atoms with E-state index in [-0.39, 0.29) is 16.8 Å². The van der Waals surface area contributed by atoms with E-state index in [0.717, 1.165) is 5.56 Å². The number of nitrogens with one attached hydrogen (secondary N) is 2. The second-order valence-corrected chi connectivity index (χ2v) is 6.20. The summed E-state index contributed by atoms with van der Waals surface area (Å²) in [6, 6.07) is 4.49. The summed E-state index contributed by atoms with van der Waals surface area (Å²) in [5.41, 5.74) is 1.11. The molecule has 0 aliphatic heterocycles. The van der Waals surface area contributed by atoms with Crippen LogP contribution in [0.1, 0.15) is 29.8 Å². The highest BCUT2D eigenvalue weighted by Gasteiger charge is 2.16. The monoisotopic (exact) mass is 270 g/mol. The fraction of sp³-hybridized carbons (Fsp3) is 0.417. The lowest BCUT2D eigenvalue weighted by atomic mass is 10.1. The molecule has 1 aromatic carbocycles. The van der Waals surface area contributed by atoms with Gasteiger partial charge in [0.2, 0.25) is 10.0 Å². The van der Waals surface area contributed by atoms with E-state index in [9.17, 15) is 13.2 Å². The Kier molecular flexibility index (Phi) is 4.48. The molecule has 2 N–H and O–H groups in total. The van der Waals surface area contributed by atoms with Crippen LogP contribution in [0.5, 0.6) is 0 Å². The maximum absolute atomic E-state index is 11.9. The Bertz CT molecular complexity index is 550. The molecule has 5 nitrogen and oxygen atoms in total. The SMILES string of the molecule is CNS(=O)(=O)c1ccc(C)c(C(=O)NC(C)C)c1. The van der Waals surface area contributed by atoms with Crippen LogP contribution in [0.2, 0.25) is 0 Å². The number of aryl methyl sites for hydroxylation is 1. The number of carbonyl (C=O) groups excluding carboxylic acids is 1. The summed E-state index contributed by atoms with van der Waals surface area (Å²) < 4.78 is 25.6. The second kappa shape index (κ2) is 5.49. The molecule has 0 heterocycles. The van der Waals surface area contributed by atoms with Crippen LogP contribution in [0, 0.1) is 6.92 Å². The fourth-order valence-corrected chi connectivity index (χ4v) is 2.23. The van der Waals surface area contributed by atoms with Crippen molar-refractivity contribution < 1.29 is 13.2 Å². The third-order valence-corrected chi connectivity index (χ3v) is 3.86. The highest BCUT2D eigenvalue weighted by atomic mass is 32.2. The molecular formula is C12H18N2O3S. The molecule has 1 rings (SSSR count). The van der Waals surface area contributed by atoms with Crippen LogP contribution >= 0.6 is 0 Å². The van der Waals surface area contributed by atoms with Crippen molar-refractivity contribution in [3.8, 4) is 0 Å². The zero-order valence-corrected chi connectivity index (χ0v) is 11.8. The lowest BCUT2D eigenvalue weighted by Gasteiger charge is -2.12. The van der Waals surface area contributed by atoms with Crippen LogP contribution in [0.15, 0.2) is 23.1 Å². The molecule has 1 aromatic rings. The fourth-order valence-electron chi connectivity index (χ4n) is 1.47. The summed E-state index contributed by atoms with van der Waals surface area (Å²) in [6.07, 6.45) is 0. The summed E-state index contributed by atoms with van der Waals surface area (Å²) in [6.45, 7) is 5.47. The molecule has 0 unspecified atom stereocenters. The molecule has 0 aliphatic carbocycles. The molecule has 1 amide bonds. The van der Waals surface area contributed by atoms with Gasteiger partial charge >= 0.3 is 0 Å². The van der Waals surface area contributed by atoms with Crippen LogP contribution in [-0.4, -0.2) is 27.4 Å². The lowest BCUT2D eigenvalue weighted by molar-refractivity contribution is 0.0942. The third kappa shape index (κ3) is 3.30. The number of amides is 1. The van der Waals surface area contributed by atoms with Gasteiger partial charge in [0.25, 0.3) is 5.91 Å². The predicted octanol–water partition coefficient (Wildman–Crippen LogP) is 1.04. The summed E-state index contributed by atoms with van der Waals surface area (Å²) in [4.78, 5) is 12.0. The van der Waals surface area contributed by atoms with E-state index in [1.165, 1.54) is 19.2 Å². The molecule has 0 saturated heterocycles. The topological polar surface area (TPSA) is 75.3 Å². The molecule has 0 aromatic heterocycles. The number of hydrogen-bond donors (Lipinski definition) is 2. The van der Waals surface area contributed by atoms with Crippen LogP contribution in [0.3, 0.4) is 0 Å². The maximum Gasteiger partial charge on any atom is 0.251 e. The second-order valence-electron chi connectivity index (χ2n) is 4.31. The summed E-state index contributed by atoms with van der Waals surface area (Å²) in [5, 5.41) is 2.74. The maximum atomic E-state index is 11.9. The molecule has 0 bridgehead atoms. The Hall–Kier alpha value is -1.40. The summed E-state index contributed by atoms with van der Waals surface area (Å²) in [5.74, 6) is -0.268. The highest BCUT2D eigenvalue weighted by Crippen LogP contribution is 2.15. The summed E-state index contributed by atoms with van der Waals surface area (Å²) in [7, 11) is -2.19. The minimum atomic E-state index is -3.53. The van der Waals surface area contributed by atoms with Crippen molar-refractivity contribution >= 4 is 15.9 Å². The van der Waals surface area contributed by atoms with E-state index >= 15 is 0 Å². The van der Waals surface area contributed by atoms with Crippen LogP contribution in [0.25, 0.3) is 0 Å². The van der Waals surface area contributed by atoms with Gasteiger partial charge in [0.1, 0.15) is 0 Å². The molecule has 6 heteroatoms. The Labute approximate surface area is 108 Å². The Morgan fingerprint density at radius 1 is 1.28 bits per heavy atom. The van der Waals surface area contributed by atoms with Crippen molar-refractivity contribution in [2.24, 2.45) is 0 Å². The van der Waals surface area contributed by atoms with Crippen LogP contribution < -0.4 is 10.0 Å². The zero-order valence-electron chi connectivity index (χ0n) is 10.9. The first kappa shape index (κ1) is 14.7. The van der Waals surface area contributed by atoms with Gasteiger partial charge in [-0.1, -0.05) is 6.07 Å². The van der Waals surface area contributed by atoms with E-state index < -0.39 is 10.0 Å². The Morgan fingerprint density at radius 3 is 2.39 bits per heavy atom. The van der Waals surface area contributed by atoms with Gasteiger partial charge in [-0.05, 0) is 45.5 Å². The molecular weight excluding hydrogens is 252 g/mol. The van der Waals surface area contributed by atoms with Crippen molar-refractivity contribution in [1.82, 2.24) is 10.0 Å². The number of carbonyl (C=O) groups is 1. The first-order chi connectivity index (χ1) is 8.27. The van der Waals surface area contributed by atoms with Crippen molar-refractivity contribution in [2.45, 2.75) is 31.7 Å². The number of benzene rings is 1.